The van der Waals surface area contributed by atoms with Crippen LogP contribution >= 0.6 is 0 Å². The first kappa shape index (κ1) is 23.1. The minimum absolute atomic E-state index is 0.0763. The molecule has 0 radical (unpaired) electrons. The molecule has 2 aromatic carbocycles. The summed E-state index contributed by atoms with van der Waals surface area (Å²) in [7, 11) is 3.14. The number of anilines is 2. The standard InChI is InChI=1S/C24H22F3N5O2/c1-33-18-8-7-14(12-19(18)34-2)11-15-9-10-29-22-20(15)21(28)31-23(32-22)30-13-16-5-3-4-6-17(16)24(25,26)27/h3-10,12H,11,13H2,1-2H3,(H3,28,29,30,31,32). The number of aromatic nitrogens is 3. The lowest BCUT2D eigenvalue weighted by Gasteiger charge is -2.14. The van der Waals surface area contributed by atoms with Crippen molar-refractivity contribution < 1.29 is 22.6 Å². The van der Waals surface area contributed by atoms with E-state index in [1.54, 1.807) is 26.5 Å². The molecule has 0 spiro atoms. The summed E-state index contributed by atoms with van der Waals surface area (Å²) in [5.74, 6) is 1.50. The summed E-state index contributed by atoms with van der Waals surface area (Å²) >= 11 is 0. The Morgan fingerprint density at radius 2 is 1.71 bits per heavy atom. The van der Waals surface area contributed by atoms with E-state index in [0.29, 0.717) is 29.0 Å². The fourth-order valence-electron chi connectivity index (χ4n) is 3.71. The summed E-state index contributed by atoms with van der Waals surface area (Å²) in [6.45, 7) is -0.119. The third-order valence-electron chi connectivity index (χ3n) is 5.31. The number of nitrogens with zero attached hydrogens (tertiary/aromatic N) is 3. The Balaban J connectivity index is 1.61. The normalized spacial score (nSPS) is 11.4. The average molecular weight is 469 g/mol. The maximum absolute atomic E-state index is 13.3. The van der Waals surface area contributed by atoms with Gasteiger partial charge in [-0.1, -0.05) is 24.3 Å². The Kier molecular flexibility index (Phi) is 6.40. The largest absolute Gasteiger partial charge is 0.493 e. The Hall–Kier alpha value is -4.08. The molecule has 0 fully saturated rings. The van der Waals surface area contributed by atoms with Crippen molar-refractivity contribution in [3.63, 3.8) is 0 Å². The predicted molar refractivity (Wildman–Crippen MR) is 123 cm³/mol. The zero-order valence-electron chi connectivity index (χ0n) is 18.5. The molecule has 0 saturated carbocycles. The number of hydrogen-bond acceptors (Lipinski definition) is 7. The van der Waals surface area contributed by atoms with E-state index in [1.807, 2.05) is 24.3 Å². The maximum atomic E-state index is 13.3. The van der Waals surface area contributed by atoms with Crippen LogP contribution in [0, 0.1) is 0 Å². The fraction of sp³-hybridized carbons (Fsp3) is 0.208. The molecule has 3 N–H and O–H groups in total. The average Bonchev–Trinajstić information content (AvgIpc) is 2.82. The highest BCUT2D eigenvalue weighted by molar-refractivity contribution is 5.89. The molecule has 7 nitrogen and oxygen atoms in total. The fourth-order valence-corrected chi connectivity index (χ4v) is 3.71. The van der Waals surface area contributed by atoms with Gasteiger partial charge in [-0.3, -0.25) is 0 Å². The maximum Gasteiger partial charge on any atom is 0.416 e. The third-order valence-corrected chi connectivity index (χ3v) is 5.31. The summed E-state index contributed by atoms with van der Waals surface area (Å²) in [5, 5.41) is 3.41. The number of benzene rings is 2. The van der Waals surface area contributed by atoms with Gasteiger partial charge in [0.25, 0.3) is 0 Å². The minimum atomic E-state index is -4.46. The van der Waals surface area contributed by atoms with Gasteiger partial charge in [0.1, 0.15) is 5.82 Å². The van der Waals surface area contributed by atoms with Gasteiger partial charge in [0.2, 0.25) is 5.95 Å². The molecule has 4 rings (SSSR count). The highest BCUT2D eigenvalue weighted by atomic mass is 19.4. The molecular formula is C24H22F3N5O2. The van der Waals surface area contributed by atoms with E-state index in [0.717, 1.165) is 17.2 Å². The monoisotopic (exact) mass is 469 g/mol. The smallest absolute Gasteiger partial charge is 0.416 e. The van der Waals surface area contributed by atoms with Crippen molar-refractivity contribution >= 4 is 22.8 Å². The third kappa shape index (κ3) is 4.80. The van der Waals surface area contributed by atoms with Crippen LogP contribution in [0.25, 0.3) is 11.0 Å². The first-order valence-corrected chi connectivity index (χ1v) is 10.3. The van der Waals surface area contributed by atoms with Gasteiger partial charge in [0.15, 0.2) is 17.1 Å². The van der Waals surface area contributed by atoms with Crippen LogP contribution in [0.4, 0.5) is 24.9 Å². The molecule has 0 aliphatic heterocycles. The van der Waals surface area contributed by atoms with Crippen molar-refractivity contribution in [3.05, 3.63) is 77.0 Å². The van der Waals surface area contributed by atoms with E-state index in [-0.39, 0.29) is 23.9 Å². The SMILES string of the molecule is COc1ccc(Cc2ccnc3nc(NCc4ccccc4C(F)(F)F)nc(N)c23)cc1OC. The number of pyridine rings is 1. The van der Waals surface area contributed by atoms with Gasteiger partial charge in [0, 0.05) is 12.7 Å². The molecule has 0 atom stereocenters. The lowest BCUT2D eigenvalue weighted by Crippen LogP contribution is -2.13. The number of alkyl halides is 3. The molecule has 0 unspecified atom stereocenters. The van der Waals surface area contributed by atoms with Crippen molar-refractivity contribution in [1.82, 2.24) is 15.0 Å². The number of fused-ring (bicyclic) bond motifs is 1. The molecule has 2 heterocycles. The molecule has 0 amide bonds. The highest BCUT2D eigenvalue weighted by Crippen LogP contribution is 2.33. The Bertz CT molecular complexity index is 1330. The Morgan fingerprint density at radius 3 is 2.44 bits per heavy atom. The van der Waals surface area contributed by atoms with Crippen LogP contribution in [-0.4, -0.2) is 29.2 Å². The van der Waals surface area contributed by atoms with Crippen molar-refractivity contribution in [1.29, 1.82) is 0 Å². The van der Waals surface area contributed by atoms with Crippen LogP contribution < -0.4 is 20.5 Å². The van der Waals surface area contributed by atoms with E-state index in [1.165, 1.54) is 12.1 Å². The Morgan fingerprint density at radius 1 is 0.941 bits per heavy atom. The summed E-state index contributed by atoms with van der Waals surface area (Å²) in [6, 6.07) is 12.8. The molecular weight excluding hydrogens is 447 g/mol. The topological polar surface area (TPSA) is 95.2 Å². The van der Waals surface area contributed by atoms with Crippen molar-refractivity contribution in [2.45, 2.75) is 19.1 Å². The zero-order chi connectivity index (χ0) is 24.3. The summed E-state index contributed by atoms with van der Waals surface area (Å²) in [6.07, 6.45) is -2.34. The van der Waals surface area contributed by atoms with Crippen molar-refractivity contribution in [2.75, 3.05) is 25.3 Å². The number of nitrogens with one attached hydrogen (secondary N) is 1. The van der Waals surface area contributed by atoms with E-state index in [2.05, 4.69) is 20.3 Å². The van der Waals surface area contributed by atoms with Gasteiger partial charge < -0.3 is 20.5 Å². The number of nitrogens with two attached hydrogens (primary N) is 1. The van der Waals surface area contributed by atoms with Crippen LogP contribution in [0.5, 0.6) is 11.5 Å². The lowest BCUT2D eigenvalue weighted by molar-refractivity contribution is -0.138. The summed E-state index contributed by atoms with van der Waals surface area (Å²) in [5.41, 5.74) is 7.74. The summed E-state index contributed by atoms with van der Waals surface area (Å²) < 4.78 is 50.4. The van der Waals surface area contributed by atoms with Gasteiger partial charge >= 0.3 is 6.18 Å². The van der Waals surface area contributed by atoms with Crippen LogP contribution in [0.3, 0.4) is 0 Å². The van der Waals surface area contributed by atoms with E-state index in [4.69, 9.17) is 15.2 Å². The molecule has 0 aliphatic rings. The number of ether oxygens (including phenoxy) is 2. The van der Waals surface area contributed by atoms with E-state index < -0.39 is 11.7 Å². The van der Waals surface area contributed by atoms with Crippen LogP contribution in [0.15, 0.2) is 54.7 Å². The summed E-state index contributed by atoms with van der Waals surface area (Å²) in [4.78, 5) is 12.9. The molecule has 0 saturated heterocycles. The number of halogens is 3. The van der Waals surface area contributed by atoms with Gasteiger partial charge in [-0.15, -0.1) is 0 Å². The molecule has 176 valence electrons. The molecule has 34 heavy (non-hydrogen) atoms. The van der Waals surface area contributed by atoms with E-state index in [9.17, 15) is 13.2 Å². The lowest BCUT2D eigenvalue weighted by atomic mass is 10.0. The number of hydrogen-bond donors (Lipinski definition) is 2. The molecule has 0 aliphatic carbocycles. The molecule has 4 aromatic rings. The quantitative estimate of drug-likeness (QED) is 0.400. The van der Waals surface area contributed by atoms with Gasteiger partial charge in [-0.25, -0.2) is 4.98 Å². The van der Waals surface area contributed by atoms with Crippen LogP contribution in [0.2, 0.25) is 0 Å². The second kappa shape index (κ2) is 9.42. The number of methoxy groups -OCH3 is 2. The van der Waals surface area contributed by atoms with Crippen molar-refractivity contribution in [2.24, 2.45) is 0 Å². The first-order valence-electron chi connectivity index (χ1n) is 10.3. The van der Waals surface area contributed by atoms with Gasteiger partial charge in [-0.2, -0.15) is 23.1 Å². The van der Waals surface area contributed by atoms with Gasteiger partial charge in [0.05, 0.1) is 25.2 Å². The second-order valence-corrected chi connectivity index (χ2v) is 7.48. The molecule has 10 heteroatoms. The number of rotatable bonds is 7. The van der Waals surface area contributed by atoms with Crippen LogP contribution in [0.1, 0.15) is 22.3 Å². The highest BCUT2D eigenvalue weighted by Gasteiger charge is 2.32. The van der Waals surface area contributed by atoms with Crippen molar-refractivity contribution in [3.8, 4) is 11.5 Å². The number of nitrogen functional groups attached to an aromatic ring is 1. The second-order valence-electron chi connectivity index (χ2n) is 7.48. The first-order chi connectivity index (χ1) is 16.3. The van der Waals surface area contributed by atoms with Gasteiger partial charge in [-0.05, 0) is 47.4 Å². The predicted octanol–water partition coefficient (Wildman–Crippen LogP) is 4.85. The van der Waals surface area contributed by atoms with Crippen LogP contribution in [-0.2, 0) is 19.1 Å². The molecule has 2 aromatic heterocycles. The van der Waals surface area contributed by atoms with E-state index >= 15 is 0 Å². The minimum Gasteiger partial charge on any atom is -0.493 e. The Labute approximate surface area is 193 Å². The zero-order valence-corrected chi connectivity index (χ0v) is 18.5. The molecule has 0 bridgehead atoms.